The molecule has 0 aromatic heterocycles. The molecule has 0 aliphatic heterocycles. The predicted octanol–water partition coefficient (Wildman–Crippen LogP) is 3.75. The van der Waals surface area contributed by atoms with Gasteiger partial charge in [-0.05, 0) is 12.8 Å². The second-order valence-electron chi connectivity index (χ2n) is 2.62. The minimum absolute atomic E-state index is 0.323. The van der Waals surface area contributed by atoms with Gasteiger partial charge < -0.3 is 0 Å². The van der Waals surface area contributed by atoms with E-state index in [9.17, 15) is 0 Å². The number of unbranched alkanes of at least 4 members (excludes halogenated alkanes) is 2. The Morgan fingerprint density at radius 2 is 2.20 bits per heavy atom. The zero-order chi connectivity index (χ0) is 7.82. The van der Waals surface area contributed by atoms with E-state index in [1.54, 1.807) is 0 Å². The van der Waals surface area contributed by atoms with E-state index in [1.165, 1.54) is 19.3 Å². The zero-order valence-electron chi connectivity index (χ0n) is 6.78. The van der Waals surface area contributed by atoms with Crippen molar-refractivity contribution in [3.8, 4) is 0 Å². The van der Waals surface area contributed by atoms with Crippen molar-refractivity contribution in [3.05, 3.63) is 12.7 Å². The maximum Gasteiger partial charge on any atom is 0.0370 e. The van der Waals surface area contributed by atoms with Crippen molar-refractivity contribution in [2.75, 3.05) is 0 Å². The monoisotopic (exact) mass is 160 g/mol. The topological polar surface area (TPSA) is 0 Å². The van der Waals surface area contributed by atoms with Crippen LogP contribution >= 0.6 is 11.6 Å². The molecule has 10 heavy (non-hydrogen) atoms. The summed E-state index contributed by atoms with van der Waals surface area (Å²) >= 11 is 5.95. The smallest absolute Gasteiger partial charge is 0.0370 e. The molecule has 0 spiro atoms. The molecule has 0 fully saturated rings. The van der Waals surface area contributed by atoms with Gasteiger partial charge in [-0.15, -0.1) is 18.2 Å². The molecule has 60 valence electrons. The minimum Gasteiger partial charge on any atom is -0.123 e. The number of rotatable bonds is 6. The first kappa shape index (κ1) is 10.0. The third-order valence-electron chi connectivity index (χ3n) is 1.54. The van der Waals surface area contributed by atoms with Crippen LogP contribution in [-0.2, 0) is 0 Å². The molecule has 1 unspecified atom stereocenters. The molecule has 1 atom stereocenters. The Morgan fingerprint density at radius 1 is 1.50 bits per heavy atom. The van der Waals surface area contributed by atoms with Gasteiger partial charge in [-0.25, -0.2) is 0 Å². The fourth-order valence-corrected chi connectivity index (χ4v) is 1.19. The highest BCUT2D eigenvalue weighted by molar-refractivity contribution is 6.20. The molecule has 0 aliphatic carbocycles. The Labute approximate surface area is 69.3 Å². The summed E-state index contributed by atoms with van der Waals surface area (Å²) in [5, 5.41) is 0.323. The summed E-state index contributed by atoms with van der Waals surface area (Å²) in [6.07, 6.45) is 7.83. The number of alkyl halides is 1. The van der Waals surface area contributed by atoms with Crippen LogP contribution in [-0.4, -0.2) is 5.38 Å². The quantitative estimate of drug-likeness (QED) is 0.316. The molecule has 0 amide bonds. The van der Waals surface area contributed by atoms with E-state index in [0.29, 0.717) is 5.38 Å². The first-order chi connectivity index (χ1) is 4.81. The number of allylic oxidation sites excluding steroid dienone is 1. The summed E-state index contributed by atoms with van der Waals surface area (Å²) < 4.78 is 0. The molecular formula is C9H17Cl. The molecule has 0 aliphatic rings. The van der Waals surface area contributed by atoms with Crippen molar-refractivity contribution in [2.24, 2.45) is 0 Å². The average Bonchev–Trinajstić information content (AvgIpc) is 1.89. The van der Waals surface area contributed by atoms with Crippen LogP contribution in [0.4, 0.5) is 0 Å². The molecule has 0 radical (unpaired) electrons. The highest BCUT2D eigenvalue weighted by Gasteiger charge is 1.99. The Balaban J connectivity index is 3.04. The van der Waals surface area contributed by atoms with Crippen molar-refractivity contribution < 1.29 is 0 Å². The fraction of sp³-hybridized carbons (Fsp3) is 0.778. The SMILES string of the molecule is C=CCC(Cl)CCCCC. The van der Waals surface area contributed by atoms with Crippen LogP contribution in [0.15, 0.2) is 12.7 Å². The zero-order valence-corrected chi connectivity index (χ0v) is 7.53. The second kappa shape index (κ2) is 7.14. The van der Waals surface area contributed by atoms with Crippen molar-refractivity contribution in [2.45, 2.75) is 44.4 Å². The molecule has 0 bridgehead atoms. The van der Waals surface area contributed by atoms with Crippen LogP contribution in [0.1, 0.15) is 39.0 Å². The molecule has 0 saturated heterocycles. The third kappa shape index (κ3) is 6.15. The highest BCUT2D eigenvalue weighted by atomic mass is 35.5. The summed E-state index contributed by atoms with van der Waals surface area (Å²) in [5.74, 6) is 0. The maximum absolute atomic E-state index is 5.95. The first-order valence-electron chi connectivity index (χ1n) is 4.06. The van der Waals surface area contributed by atoms with E-state index in [4.69, 9.17) is 11.6 Å². The van der Waals surface area contributed by atoms with Crippen LogP contribution in [0.2, 0.25) is 0 Å². The predicted molar refractivity (Wildman–Crippen MR) is 48.6 cm³/mol. The van der Waals surface area contributed by atoms with Gasteiger partial charge in [0.15, 0.2) is 0 Å². The van der Waals surface area contributed by atoms with Crippen molar-refractivity contribution in [1.29, 1.82) is 0 Å². The van der Waals surface area contributed by atoms with E-state index >= 15 is 0 Å². The Bertz CT molecular complexity index is 78.8. The standard InChI is InChI=1S/C9H17Cl/c1-3-5-6-8-9(10)7-4-2/h4,9H,2-3,5-8H2,1H3. The van der Waals surface area contributed by atoms with E-state index in [1.807, 2.05) is 6.08 Å². The van der Waals surface area contributed by atoms with Crippen LogP contribution in [0.5, 0.6) is 0 Å². The molecule has 0 rings (SSSR count). The number of hydrogen-bond donors (Lipinski definition) is 0. The molecule has 0 aromatic rings. The molecule has 0 nitrogen and oxygen atoms in total. The molecule has 0 N–H and O–H groups in total. The van der Waals surface area contributed by atoms with Gasteiger partial charge >= 0.3 is 0 Å². The number of hydrogen-bond acceptors (Lipinski definition) is 0. The van der Waals surface area contributed by atoms with Crippen molar-refractivity contribution in [1.82, 2.24) is 0 Å². The van der Waals surface area contributed by atoms with E-state index in [-0.39, 0.29) is 0 Å². The van der Waals surface area contributed by atoms with E-state index in [0.717, 1.165) is 12.8 Å². The van der Waals surface area contributed by atoms with Crippen LogP contribution in [0.25, 0.3) is 0 Å². The average molecular weight is 161 g/mol. The second-order valence-corrected chi connectivity index (χ2v) is 3.23. The lowest BCUT2D eigenvalue weighted by atomic mass is 10.1. The lowest BCUT2D eigenvalue weighted by Crippen LogP contribution is -1.95. The highest BCUT2D eigenvalue weighted by Crippen LogP contribution is 2.12. The van der Waals surface area contributed by atoms with Gasteiger partial charge in [0.05, 0.1) is 0 Å². The van der Waals surface area contributed by atoms with Crippen LogP contribution in [0.3, 0.4) is 0 Å². The molecular weight excluding hydrogens is 144 g/mol. The normalized spacial score (nSPS) is 13.0. The Kier molecular flexibility index (Phi) is 7.16. The van der Waals surface area contributed by atoms with Gasteiger partial charge in [0.2, 0.25) is 0 Å². The lowest BCUT2D eigenvalue weighted by Gasteiger charge is -2.04. The lowest BCUT2D eigenvalue weighted by molar-refractivity contribution is 0.643. The first-order valence-corrected chi connectivity index (χ1v) is 4.49. The summed E-state index contributed by atoms with van der Waals surface area (Å²) in [4.78, 5) is 0. The van der Waals surface area contributed by atoms with Crippen molar-refractivity contribution in [3.63, 3.8) is 0 Å². The Hall–Kier alpha value is 0.0300. The van der Waals surface area contributed by atoms with E-state index < -0.39 is 0 Å². The summed E-state index contributed by atoms with van der Waals surface area (Å²) in [7, 11) is 0. The Morgan fingerprint density at radius 3 is 2.70 bits per heavy atom. The van der Waals surface area contributed by atoms with E-state index in [2.05, 4.69) is 13.5 Å². The summed E-state index contributed by atoms with van der Waals surface area (Å²) in [5.41, 5.74) is 0. The molecule has 1 heteroatoms. The molecule has 0 aromatic carbocycles. The minimum atomic E-state index is 0.323. The van der Waals surface area contributed by atoms with Gasteiger partial charge in [-0.3, -0.25) is 0 Å². The summed E-state index contributed by atoms with van der Waals surface area (Å²) in [6, 6.07) is 0. The van der Waals surface area contributed by atoms with Gasteiger partial charge in [0, 0.05) is 5.38 Å². The third-order valence-corrected chi connectivity index (χ3v) is 1.94. The van der Waals surface area contributed by atoms with Crippen molar-refractivity contribution >= 4 is 11.6 Å². The van der Waals surface area contributed by atoms with Crippen LogP contribution < -0.4 is 0 Å². The molecule has 0 saturated carbocycles. The maximum atomic E-state index is 5.95. The summed E-state index contributed by atoms with van der Waals surface area (Å²) in [6.45, 7) is 5.85. The van der Waals surface area contributed by atoms with Gasteiger partial charge in [-0.2, -0.15) is 0 Å². The largest absolute Gasteiger partial charge is 0.123 e. The van der Waals surface area contributed by atoms with Gasteiger partial charge in [-0.1, -0.05) is 32.3 Å². The fourth-order valence-electron chi connectivity index (χ4n) is 0.915. The van der Waals surface area contributed by atoms with Crippen LogP contribution in [0, 0.1) is 0 Å². The molecule has 0 heterocycles. The van der Waals surface area contributed by atoms with Gasteiger partial charge in [0.1, 0.15) is 0 Å². The van der Waals surface area contributed by atoms with Gasteiger partial charge in [0.25, 0.3) is 0 Å². The number of halogens is 1.